The van der Waals surface area contributed by atoms with Crippen LogP contribution in [0.4, 0.5) is 0 Å². The molecule has 0 aliphatic carbocycles. The second-order valence-electron chi connectivity index (χ2n) is 6.21. The molecule has 6 nitrogen and oxygen atoms in total. The van der Waals surface area contributed by atoms with Crippen LogP contribution in [0.5, 0.6) is 0 Å². The molecule has 2 heterocycles. The van der Waals surface area contributed by atoms with E-state index in [2.05, 4.69) is 4.90 Å². The number of pyridine rings is 1. The van der Waals surface area contributed by atoms with E-state index in [1.165, 1.54) is 16.8 Å². The number of hydrogen-bond acceptors (Lipinski definition) is 4. The third-order valence-electron chi connectivity index (χ3n) is 4.48. The minimum absolute atomic E-state index is 0.324. The molecule has 3 rings (SSSR count). The maximum Gasteiger partial charge on any atom is 0.253 e. The van der Waals surface area contributed by atoms with Gasteiger partial charge in [-0.2, -0.15) is 0 Å². The summed E-state index contributed by atoms with van der Waals surface area (Å²) in [5, 5.41) is 0. The SMILES string of the molecule is CN1CCN(C(=O)[C@@H](C(=O)c2ccccc2)n2ccccc2=O)CC1. The van der Waals surface area contributed by atoms with Crippen molar-refractivity contribution in [2.45, 2.75) is 6.04 Å². The van der Waals surface area contributed by atoms with E-state index in [1.807, 2.05) is 13.1 Å². The third-order valence-corrected chi connectivity index (χ3v) is 4.48. The molecular formula is C19H21N3O3. The molecule has 2 aromatic rings. The molecule has 1 aromatic carbocycles. The fourth-order valence-electron chi connectivity index (χ4n) is 2.97. The van der Waals surface area contributed by atoms with Crippen molar-refractivity contribution in [3.63, 3.8) is 0 Å². The van der Waals surface area contributed by atoms with E-state index >= 15 is 0 Å². The summed E-state index contributed by atoms with van der Waals surface area (Å²) < 4.78 is 1.23. The smallest absolute Gasteiger partial charge is 0.253 e. The van der Waals surface area contributed by atoms with Gasteiger partial charge in [0.25, 0.3) is 11.5 Å². The van der Waals surface area contributed by atoms with Gasteiger partial charge in [-0.25, -0.2) is 0 Å². The van der Waals surface area contributed by atoms with Crippen LogP contribution in [0.25, 0.3) is 0 Å². The second-order valence-corrected chi connectivity index (χ2v) is 6.21. The summed E-state index contributed by atoms with van der Waals surface area (Å²) in [4.78, 5) is 42.2. The summed E-state index contributed by atoms with van der Waals surface area (Å²) in [6.07, 6.45) is 1.50. The van der Waals surface area contributed by atoms with Crippen molar-refractivity contribution in [1.29, 1.82) is 0 Å². The fourth-order valence-corrected chi connectivity index (χ4v) is 2.97. The topological polar surface area (TPSA) is 62.6 Å². The van der Waals surface area contributed by atoms with Crippen LogP contribution < -0.4 is 5.56 Å². The molecule has 1 aliphatic rings. The lowest BCUT2D eigenvalue weighted by Crippen LogP contribution is -2.51. The number of rotatable bonds is 4. The lowest BCUT2D eigenvalue weighted by Gasteiger charge is -2.34. The summed E-state index contributed by atoms with van der Waals surface area (Å²) in [5.41, 5.74) is 0.0602. The van der Waals surface area contributed by atoms with E-state index in [0.717, 1.165) is 13.1 Å². The number of nitrogens with zero attached hydrogens (tertiary/aromatic N) is 3. The standard InChI is InChI=1S/C19H21N3O3/c1-20-11-13-21(14-12-20)19(25)17(22-10-6-5-9-16(22)23)18(24)15-7-3-2-4-8-15/h2-10,17H,11-14H2,1H3/t17-/m1/s1. The van der Waals surface area contributed by atoms with Crippen molar-refractivity contribution in [2.75, 3.05) is 33.2 Å². The molecule has 0 N–H and O–H groups in total. The predicted octanol–water partition coefficient (Wildman–Crippen LogP) is 1.05. The second kappa shape index (κ2) is 7.44. The Morgan fingerprint density at radius 1 is 0.920 bits per heavy atom. The van der Waals surface area contributed by atoms with E-state index < -0.39 is 6.04 Å². The first-order chi connectivity index (χ1) is 12.1. The first kappa shape index (κ1) is 17.1. The first-order valence-electron chi connectivity index (χ1n) is 8.31. The maximum absolute atomic E-state index is 13.1. The number of hydrogen-bond donors (Lipinski definition) is 0. The molecule has 6 heteroatoms. The minimum atomic E-state index is -1.17. The van der Waals surface area contributed by atoms with Crippen LogP contribution in [0.1, 0.15) is 16.4 Å². The van der Waals surface area contributed by atoms with Crippen LogP contribution in [0.15, 0.2) is 59.5 Å². The number of amides is 1. The summed E-state index contributed by atoms with van der Waals surface area (Å²) in [7, 11) is 2.00. The molecule has 0 saturated carbocycles. The quantitative estimate of drug-likeness (QED) is 0.617. The van der Waals surface area contributed by atoms with Gasteiger partial charge in [0.2, 0.25) is 0 Å². The third kappa shape index (κ3) is 3.69. The van der Waals surface area contributed by atoms with Gasteiger partial charge in [-0.05, 0) is 13.1 Å². The Labute approximate surface area is 146 Å². The van der Waals surface area contributed by atoms with Crippen molar-refractivity contribution >= 4 is 11.7 Å². The van der Waals surface area contributed by atoms with Gasteiger partial charge in [0, 0.05) is 44.0 Å². The molecule has 25 heavy (non-hydrogen) atoms. The molecule has 1 amide bonds. The Bertz CT molecular complexity index is 808. The number of likely N-dealkylation sites (N-methyl/N-ethyl adjacent to an activating group) is 1. The molecule has 0 unspecified atom stereocenters. The Hall–Kier alpha value is -2.73. The van der Waals surface area contributed by atoms with Crippen molar-refractivity contribution < 1.29 is 9.59 Å². The van der Waals surface area contributed by atoms with Crippen LogP contribution in [-0.2, 0) is 4.79 Å². The molecule has 0 radical (unpaired) electrons. The average molecular weight is 339 g/mol. The molecule has 1 fully saturated rings. The highest BCUT2D eigenvalue weighted by atomic mass is 16.2. The predicted molar refractivity (Wildman–Crippen MR) is 94.6 cm³/mol. The van der Waals surface area contributed by atoms with Gasteiger partial charge in [0.1, 0.15) is 0 Å². The van der Waals surface area contributed by atoms with Gasteiger partial charge in [0.05, 0.1) is 0 Å². The van der Waals surface area contributed by atoms with Crippen molar-refractivity contribution in [3.05, 3.63) is 70.6 Å². The molecule has 1 aromatic heterocycles. The Balaban J connectivity index is 1.98. The first-order valence-corrected chi connectivity index (χ1v) is 8.31. The van der Waals surface area contributed by atoms with Gasteiger partial charge in [0.15, 0.2) is 11.8 Å². The van der Waals surface area contributed by atoms with Gasteiger partial charge < -0.3 is 9.80 Å². The Morgan fingerprint density at radius 2 is 1.56 bits per heavy atom. The largest absolute Gasteiger partial charge is 0.338 e. The number of aromatic nitrogens is 1. The molecule has 130 valence electrons. The molecule has 1 atom stereocenters. The number of carbonyl (C=O) groups excluding carboxylic acids is 2. The molecular weight excluding hydrogens is 318 g/mol. The molecule has 1 aliphatic heterocycles. The zero-order valence-corrected chi connectivity index (χ0v) is 14.2. The number of benzene rings is 1. The monoisotopic (exact) mass is 339 g/mol. The Kier molecular flexibility index (Phi) is 5.09. The lowest BCUT2D eigenvalue weighted by atomic mass is 10.0. The summed E-state index contributed by atoms with van der Waals surface area (Å²) in [6.45, 7) is 2.61. The van der Waals surface area contributed by atoms with Gasteiger partial charge in [-0.3, -0.25) is 19.0 Å². The highest BCUT2D eigenvalue weighted by Gasteiger charge is 2.34. The van der Waals surface area contributed by atoms with Crippen molar-refractivity contribution in [1.82, 2.24) is 14.4 Å². The lowest BCUT2D eigenvalue weighted by molar-refractivity contribution is -0.135. The van der Waals surface area contributed by atoms with Gasteiger partial charge in [-0.1, -0.05) is 36.4 Å². The normalized spacial score (nSPS) is 16.4. The average Bonchev–Trinajstić information content (AvgIpc) is 2.64. The van der Waals surface area contributed by atoms with Crippen LogP contribution in [0.3, 0.4) is 0 Å². The van der Waals surface area contributed by atoms with E-state index in [4.69, 9.17) is 0 Å². The van der Waals surface area contributed by atoms with E-state index in [1.54, 1.807) is 41.3 Å². The van der Waals surface area contributed by atoms with Crippen LogP contribution in [0, 0.1) is 0 Å². The number of carbonyl (C=O) groups is 2. The summed E-state index contributed by atoms with van der Waals surface area (Å²) >= 11 is 0. The highest BCUT2D eigenvalue weighted by molar-refractivity contribution is 6.11. The van der Waals surface area contributed by atoms with Gasteiger partial charge in [-0.15, -0.1) is 0 Å². The maximum atomic E-state index is 13.1. The van der Waals surface area contributed by atoms with E-state index in [-0.39, 0.29) is 17.2 Å². The highest BCUT2D eigenvalue weighted by Crippen LogP contribution is 2.17. The molecule has 1 saturated heterocycles. The zero-order valence-electron chi connectivity index (χ0n) is 14.2. The van der Waals surface area contributed by atoms with Crippen LogP contribution in [-0.4, -0.2) is 59.3 Å². The van der Waals surface area contributed by atoms with Crippen LogP contribution in [0.2, 0.25) is 0 Å². The Morgan fingerprint density at radius 3 is 2.20 bits per heavy atom. The molecule has 0 bridgehead atoms. The number of piperazine rings is 1. The fraction of sp³-hybridized carbons (Fsp3) is 0.316. The summed E-state index contributed by atoms with van der Waals surface area (Å²) in [6, 6.07) is 12.1. The molecule has 0 spiro atoms. The van der Waals surface area contributed by atoms with E-state index in [9.17, 15) is 14.4 Å². The number of ketones is 1. The zero-order chi connectivity index (χ0) is 17.8. The van der Waals surface area contributed by atoms with E-state index in [0.29, 0.717) is 18.7 Å². The summed E-state index contributed by atoms with van der Waals surface area (Å²) in [5.74, 6) is -0.687. The van der Waals surface area contributed by atoms with Crippen molar-refractivity contribution in [3.8, 4) is 0 Å². The van der Waals surface area contributed by atoms with Gasteiger partial charge >= 0.3 is 0 Å². The number of Topliss-reactive ketones (excluding diaryl/α,β-unsaturated/α-hetero) is 1. The van der Waals surface area contributed by atoms with Crippen molar-refractivity contribution in [2.24, 2.45) is 0 Å². The minimum Gasteiger partial charge on any atom is -0.338 e. The van der Waals surface area contributed by atoms with Crippen LogP contribution >= 0.6 is 0 Å².